The van der Waals surface area contributed by atoms with Gasteiger partial charge in [0.15, 0.2) is 0 Å². The van der Waals surface area contributed by atoms with Crippen LogP contribution in [0.4, 0.5) is 5.95 Å². The van der Waals surface area contributed by atoms with E-state index in [-0.39, 0.29) is 6.10 Å². The second-order valence-corrected chi connectivity index (χ2v) is 6.17. The fraction of sp³-hybridized carbons (Fsp3) is 0.500. The molecule has 1 aliphatic heterocycles. The molecule has 1 fully saturated rings. The predicted octanol–water partition coefficient (Wildman–Crippen LogP) is 1.28. The number of para-hydroxylation sites is 1. The second kappa shape index (κ2) is 9.30. The van der Waals surface area contributed by atoms with Crippen LogP contribution in [0.1, 0.15) is 20.8 Å². The van der Waals surface area contributed by atoms with E-state index in [2.05, 4.69) is 20.2 Å². The highest BCUT2D eigenvalue weighted by Crippen LogP contribution is 2.26. The summed E-state index contributed by atoms with van der Waals surface area (Å²) < 4.78 is 5.88. The molecule has 0 saturated carbocycles. The van der Waals surface area contributed by atoms with Crippen LogP contribution in [0.15, 0.2) is 24.3 Å². The monoisotopic (exact) mass is 362 g/mol. The molecule has 1 saturated heterocycles. The molecule has 26 heavy (non-hydrogen) atoms. The van der Waals surface area contributed by atoms with Crippen molar-refractivity contribution in [1.29, 1.82) is 0 Å². The van der Waals surface area contributed by atoms with Gasteiger partial charge in [0.25, 0.3) is 5.97 Å². The van der Waals surface area contributed by atoms with Gasteiger partial charge >= 0.3 is 0 Å². The van der Waals surface area contributed by atoms with Crippen molar-refractivity contribution in [2.75, 3.05) is 31.1 Å². The van der Waals surface area contributed by atoms with Gasteiger partial charge in [-0.05, 0) is 26.0 Å². The van der Waals surface area contributed by atoms with Crippen LogP contribution >= 0.6 is 0 Å². The van der Waals surface area contributed by atoms with E-state index in [0.717, 1.165) is 44.0 Å². The van der Waals surface area contributed by atoms with Gasteiger partial charge in [-0.2, -0.15) is 4.98 Å². The number of rotatable bonds is 4. The van der Waals surface area contributed by atoms with Crippen LogP contribution < -0.4 is 15.0 Å². The Morgan fingerprint density at radius 3 is 2.46 bits per heavy atom. The molecule has 0 bridgehead atoms. The van der Waals surface area contributed by atoms with E-state index in [0.29, 0.717) is 11.8 Å². The number of aliphatic hydroxyl groups excluding tert-OH is 1. The quantitative estimate of drug-likeness (QED) is 0.746. The van der Waals surface area contributed by atoms with Gasteiger partial charge in [0, 0.05) is 33.1 Å². The molecule has 2 aromatic rings. The molecule has 1 aromatic carbocycles. The molecule has 0 radical (unpaired) electrons. The summed E-state index contributed by atoms with van der Waals surface area (Å²) in [4.78, 5) is 20.4. The van der Waals surface area contributed by atoms with Crippen molar-refractivity contribution in [2.45, 2.75) is 33.0 Å². The Labute approximate surface area is 152 Å². The Morgan fingerprint density at radius 1 is 1.23 bits per heavy atom. The lowest BCUT2D eigenvalue weighted by atomic mass is 10.2. The number of ether oxygens (including phenoxy) is 1. The van der Waals surface area contributed by atoms with E-state index in [1.54, 1.807) is 6.92 Å². The van der Waals surface area contributed by atoms with Crippen molar-refractivity contribution in [3.63, 3.8) is 0 Å². The minimum atomic E-state index is -0.833. The van der Waals surface area contributed by atoms with Crippen LogP contribution in [0.5, 0.6) is 5.88 Å². The number of hydrogen-bond acceptors (Lipinski definition) is 7. The first-order valence-corrected chi connectivity index (χ1v) is 8.65. The van der Waals surface area contributed by atoms with E-state index in [1.807, 2.05) is 31.2 Å². The molecule has 0 aliphatic carbocycles. The third-order valence-electron chi connectivity index (χ3n) is 3.93. The van der Waals surface area contributed by atoms with Crippen molar-refractivity contribution >= 4 is 22.8 Å². The lowest BCUT2D eigenvalue weighted by Crippen LogP contribution is -2.44. The molecule has 1 aromatic heterocycles. The molecule has 8 heteroatoms. The van der Waals surface area contributed by atoms with E-state index < -0.39 is 12.1 Å². The maximum atomic E-state index is 9.69. The molecule has 0 unspecified atom stereocenters. The maximum Gasteiger partial charge on any atom is 0.300 e. The Balaban J connectivity index is 0.000000552. The minimum absolute atomic E-state index is 0.325. The van der Waals surface area contributed by atoms with Crippen LogP contribution in [-0.2, 0) is 4.79 Å². The van der Waals surface area contributed by atoms with Gasteiger partial charge in [0.2, 0.25) is 11.8 Å². The first kappa shape index (κ1) is 19.9. The summed E-state index contributed by atoms with van der Waals surface area (Å²) >= 11 is 0. The van der Waals surface area contributed by atoms with Crippen LogP contribution in [0, 0.1) is 0 Å². The normalized spacial score (nSPS) is 16.4. The van der Waals surface area contributed by atoms with Crippen molar-refractivity contribution < 1.29 is 19.7 Å². The molecule has 0 spiro atoms. The lowest BCUT2D eigenvalue weighted by molar-refractivity contribution is -0.134. The van der Waals surface area contributed by atoms with E-state index in [9.17, 15) is 5.11 Å². The molecule has 1 aliphatic rings. The van der Waals surface area contributed by atoms with Crippen molar-refractivity contribution in [3.05, 3.63) is 24.3 Å². The van der Waals surface area contributed by atoms with Gasteiger partial charge in [-0.3, -0.25) is 4.79 Å². The summed E-state index contributed by atoms with van der Waals surface area (Å²) in [6.07, 6.45) is -0.884. The van der Waals surface area contributed by atoms with Gasteiger partial charge in [-0.1, -0.05) is 12.1 Å². The highest BCUT2D eigenvalue weighted by atomic mass is 16.5. The Hall–Kier alpha value is -2.45. The third kappa shape index (κ3) is 5.53. The SMILES string of the molecule is CC(=O)O.C[C@@H](O)[C@@H](C)Oc1nc(N2CCNCC2)nc2ccccc12. The highest BCUT2D eigenvalue weighted by Gasteiger charge is 2.19. The topological polar surface area (TPSA) is 108 Å². The number of anilines is 1. The van der Waals surface area contributed by atoms with Gasteiger partial charge in [-0.15, -0.1) is 0 Å². The number of hydrogen-bond donors (Lipinski definition) is 3. The third-order valence-corrected chi connectivity index (χ3v) is 3.93. The standard InChI is InChI=1S/C16H22N4O2.C2H4O2/c1-11(21)12(2)22-15-13-5-3-4-6-14(13)18-16(19-15)20-9-7-17-8-10-20;1-2(3)4/h3-6,11-12,17,21H,7-10H2,1-2H3;1H3,(H,3,4)/t11-,12-;/m1./s1. The van der Waals surface area contributed by atoms with Gasteiger partial charge < -0.3 is 25.2 Å². The Bertz CT molecular complexity index is 728. The molecule has 142 valence electrons. The van der Waals surface area contributed by atoms with E-state index in [1.165, 1.54) is 0 Å². The fourth-order valence-electron chi connectivity index (χ4n) is 2.41. The predicted molar refractivity (Wildman–Crippen MR) is 99.7 cm³/mol. The van der Waals surface area contributed by atoms with Gasteiger partial charge in [0.05, 0.1) is 17.0 Å². The Kier molecular flexibility index (Phi) is 7.11. The zero-order chi connectivity index (χ0) is 19.1. The lowest BCUT2D eigenvalue weighted by Gasteiger charge is -2.28. The summed E-state index contributed by atoms with van der Waals surface area (Å²) in [5.41, 5.74) is 0.860. The number of aliphatic carboxylic acids is 1. The fourth-order valence-corrected chi connectivity index (χ4v) is 2.41. The number of piperazine rings is 1. The number of aromatic nitrogens is 2. The summed E-state index contributed by atoms with van der Waals surface area (Å²) in [6.45, 7) is 8.25. The number of aliphatic hydroxyl groups is 1. The van der Waals surface area contributed by atoms with Crippen LogP contribution in [0.25, 0.3) is 10.9 Å². The maximum absolute atomic E-state index is 9.69. The first-order chi connectivity index (χ1) is 12.4. The molecule has 2 heterocycles. The summed E-state index contributed by atoms with van der Waals surface area (Å²) in [7, 11) is 0. The number of nitrogens with zero attached hydrogens (tertiary/aromatic N) is 3. The molecule has 8 nitrogen and oxygen atoms in total. The number of carbonyl (C=O) groups is 1. The number of benzene rings is 1. The first-order valence-electron chi connectivity index (χ1n) is 8.65. The molecule has 2 atom stereocenters. The number of fused-ring (bicyclic) bond motifs is 1. The average Bonchev–Trinajstić information content (AvgIpc) is 2.61. The van der Waals surface area contributed by atoms with E-state index in [4.69, 9.17) is 14.6 Å². The molecular weight excluding hydrogens is 336 g/mol. The zero-order valence-electron chi connectivity index (χ0n) is 15.3. The van der Waals surface area contributed by atoms with Crippen LogP contribution in [0.2, 0.25) is 0 Å². The smallest absolute Gasteiger partial charge is 0.300 e. The van der Waals surface area contributed by atoms with Gasteiger partial charge in [-0.25, -0.2) is 4.98 Å². The largest absolute Gasteiger partial charge is 0.481 e. The van der Waals surface area contributed by atoms with Crippen molar-refractivity contribution in [3.8, 4) is 5.88 Å². The number of nitrogens with one attached hydrogen (secondary N) is 1. The highest BCUT2D eigenvalue weighted by molar-refractivity contribution is 5.84. The van der Waals surface area contributed by atoms with Crippen molar-refractivity contribution in [1.82, 2.24) is 15.3 Å². The number of carboxylic acids is 1. The van der Waals surface area contributed by atoms with Crippen LogP contribution in [0.3, 0.4) is 0 Å². The van der Waals surface area contributed by atoms with Gasteiger partial charge in [0.1, 0.15) is 6.10 Å². The molecule has 3 N–H and O–H groups in total. The van der Waals surface area contributed by atoms with Crippen molar-refractivity contribution in [2.24, 2.45) is 0 Å². The second-order valence-electron chi connectivity index (χ2n) is 6.17. The molecule has 3 rings (SSSR count). The summed E-state index contributed by atoms with van der Waals surface area (Å²) in [6, 6.07) is 7.80. The summed E-state index contributed by atoms with van der Waals surface area (Å²) in [5.74, 6) is 0.389. The van der Waals surface area contributed by atoms with Crippen LogP contribution in [-0.4, -0.2) is 64.5 Å². The molecule has 0 amide bonds. The van der Waals surface area contributed by atoms with E-state index >= 15 is 0 Å². The molecular formula is C18H26N4O4. The zero-order valence-corrected chi connectivity index (χ0v) is 15.3. The number of carboxylic acid groups (broad SMARTS) is 1. The minimum Gasteiger partial charge on any atom is -0.481 e. The Morgan fingerprint density at radius 2 is 1.85 bits per heavy atom. The average molecular weight is 362 g/mol. The summed E-state index contributed by atoms with van der Waals surface area (Å²) in [5, 5.41) is 21.3.